The Bertz CT molecular complexity index is 1110. The Morgan fingerprint density at radius 1 is 1.18 bits per heavy atom. The molecule has 1 aromatic heterocycles. The lowest BCUT2D eigenvalue weighted by atomic mass is 10.1. The van der Waals surface area contributed by atoms with Crippen LogP contribution in [0.5, 0.6) is 5.75 Å². The van der Waals surface area contributed by atoms with E-state index in [4.69, 9.17) is 4.74 Å². The summed E-state index contributed by atoms with van der Waals surface area (Å²) in [5.74, 6) is -0.590. The van der Waals surface area contributed by atoms with Gasteiger partial charge in [-0.05, 0) is 30.7 Å². The maximum atomic E-state index is 12.8. The van der Waals surface area contributed by atoms with Gasteiger partial charge in [0.1, 0.15) is 0 Å². The van der Waals surface area contributed by atoms with Crippen LogP contribution in [0.3, 0.4) is 0 Å². The maximum absolute atomic E-state index is 12.8. The number of carbonyl (C=O) groups is 1. The van der Waals surface area contributed by atoms with Crippen LogP contribution in [-0.4, -0.2) is 27.7 Å². The van der Waals surface area contributed by atoms with E-state index in [1.54, 1.807) is 37.3 Å². The molecule has 0 saturated heterocycles. The summed E-state index contributed by atoms with van der Waals surface area (Å²) in [6.07, 6.45) is 0. The molecule has 0 aliphatic rings. The lowest BCUT2D eigenvalue weighted by Gasteiger charge is -2.12. The highest BCUT2D eigenvalue weighted by atomic mass is 16.6. The van der Waals surface area contributed by atoms with E-state index in [9.17, 15) is 19.7 Å². The second-order valence-electron chi connectivity index (χ2n) is 5.86. The minimum atomic E-state index is -0.613. The number of aromatic nitrogens is 2. The van der Waals surface area contributed by atoms with Crippen LogP contribution in [0.25, 0.3) is 5.69 Å². The summed E-state index contributed by atoms with van der Waals surface area (Å²) in [7, 11) is 1.33. The third kappa shape index (κ3) is 3.73. The number of ether oxygens (including phenoxy) is 1. The van der Waals surface area contributed by atoms with Crippen molar-refractivity contribution in [3.63, 3.8) is 0 Å². The number of rotatable bonds is 5. The number of non-ortho nitro benzene ring substituents is 1. The summed E-state index contributed by atoms with van der Waals surface area (Å²) < 4.78 is 6.23. The third-order valence-corrected chi connectivity index (χ3v) is 4.00. The van der Waals surface area contributed by atoms with Crippen molar-refractivity contribution in [2.24, 2.45) is 0 Å². The molecule has 9 heteroatoms. The Morgan fingerprint density at radius 2 is 1.89 bits per heavy atom. The number of para-hydroxylation sites is 1. The van der Waals surface area contributed by atoms with Crippen molar-refractivity contribution in [2.75, 3.05) is 12.4 Å². The summed E-state index contributed by atoms with van der Waals surface area (Å²) in [6, 6.07) is 13.9. The molecule has 0 aliphatic carbocycles. The molecule has 1 heterocycles. The molecular weight excluding hydrogens is 364 g/mol. The number of nitro benzene ring substituents is 1. The number of hydrogen-bond acceptors (Lipinski definition) is 6. The van der Waals surface area contributed by atoms with Crippen molar-refractivity contribution in [3.8, 4) is 11.4 Å². The van der Waals surface area contributed by atoms with Gasteiger partial charge in [0, 0.05) is 17.8 Å². The molecule has 9 nitrogen and oxygen atoms in total. The lowest BCUT2D eigenvalue weighted by molar-refractivity contribution is -0.384. The molecule has 0 aliphatic heterocycles. The zero-order valence-corrected chi connectivity index (χ0v) is 15.1. The van der Waals surface area contributed by atoms with Gasteiger partial charge in [0.15, 0.2) is 11.4 Å². The van der Waals surface area contributed by atoms with Crippen LogP contribution in [0.4, 0.5) is 11.4 Å². The van der Waals surface area contributed by atoms with Gasteiger partial charge in [-0.15, -0.1) is 0 Å². The van der Waals surface area contributed by atoms with Crippen LogP contribution in [0.1, 0.15) is 16.1 Å². The highest BCUT2D eigenvalue weighted by molar-refractivity contribution is 6.05. The highest BCUT2D eigenvalue weighted by Crippen LogP contribution is 2.23. The maximum Gasteiger partial charge on any atom is 0.280 e. The normalized spacial score (nSPS) is 10.4. The van der Waals surface area contributed by atoms with Crippen LogP contribution in [-0.2, 0) is 0 Å². The van der Waals surface area contributed by atoms with Crippen molar-refractivity contribution in [1.82, 2.24) is 9.78 Å². The number of benzene rings is 2. The average molecular weight is 380 g/mol. The number of hydrogen-bond donors (Lipinski definition) is 1. The van der Waals surface area contributed by atoms with E-state index in [1.165, 1.54) is 31.4 Å². The molecule has 0 radical (unpaired) electrons. The van der Waals surface area contributed by atoms with Crippen molar-refractivity contribution < 1.29 is 14.5 Å². The molecular formula is C19H16N4O5. The SMILES string of the molecule is COc1cc(=O)n(-c2ccccc2)nc1C(=O)Nc1ccc([N+](=O)[O-])cc1C. The Balaban J connectivity index is 1.99. The predicted octanol–water partition coefficient (Wildman–Crippen LogP) is 2.71. The van der Waals surface area contributed by atoms with Crippen molar-refractivity contribution in [3.05, 3.63) is 86.3 Å². The Morgan fingerprint density at radius 3 is 2.50 bits per heavy atom. The number of methoxy groups -OCH3 is 1. The molecule has 0 atom stereocenters. The average Bonchev–Trinajstić information content (AvgIpc) is 2.69. The second-order valence-corrected chi connectivity index (χ2v) is 5.86. The third-order valence-electron chi connectivity index (χ3n) is 4.00. The molecule has 28 heavy (non-hydrogen) atoms. The van der Waals surface area contributed by atoms with E-state index >= 15 is 0 Å². The number of amides is 1. The van der Waals surface area contributed by atoms with E-state index in [0.29, 0.717) is 16.9 Å². The molecule has 3 aromatic rings. The van der Waals surface area contributed by atoms with E-state index in [0.717, 1.165) is 4.68 Å². The molecule has 0 fully saturated rings. The Hall–Kier alpha value is -4.01. The Kier molecular flexibility index (Phi) is 5.16. The molecule has 2 aromatic carbocycles. The summed E-state index contributed by atoms with van der Waals surface area (Å²) in [5, 5.41) is 17.6. The lowest BCUT2D eigenvalue weighted by Crippen LogP contribution is -2.26. The van der Waals surface area contributed by atoms with Crippen LogP contribution in [0, 0.1) is 17.0 Å². The molecule has 0 bridgehead atoms. The Labute approximate surface area is 159 Å². The smallest absolute Gasteiger partial charge is 0.280 e. The van der Waals surface area contributed by atoms with E-state index in [2.05, 4.69) is 10.4 Å². The van der Waals surface area contributed by atoms with Crippen molar-refractivity contribution in [1.29, 1.82) is 0 Å². The first kappa shape index (κ1) is 18.8. The predicted molar refractivity (Wildman–Crippen MR) is 102 cm³/mol. The standard InChI is InChI=1S/C19H16N4O5/c1-12-10-14(23(26)27)8-9-15(12)20-19(25)18-16(28-2)11-17(24)22(21-18)13-6-4-3-5-7-13/h3-11H,1-2H3,(H,20,25). The van der Waals surface area contributed by atoms with Gasteiger partial charge in [0.2, 0.25) is 0 Å². The van der Waals surface area contributed by atoms with Crippen LogP contribution >= 0.6 is 0 Å². The van der Waals surface area contributed by atoms with Crippen molar-refractivity contribution >= 4 is 17.3 Å². The molecule has 3 rings (SSSR count). The second kappa shape index (κ2) is 7.70. The summed E-state index contributed by atoms with van der Waals surface area (Å²) in [5.41, 5.74) is 0.768. The number of aryl methyl sites for hydroxylation is 1. The number of nitro groups is 1. The summed E-state index contributed by atoms with van der Waals surface area (Å²) in [6.45, 7) is 1.64. The van der Waals surface area contributed by atoms with Gasteiger partial charge >= 0.3 is 0 Å². The first-order chi connectivity index (χ1) is 13.4. The quantitative estimate of drug-likeness (QED) is 0.537. The van der Waals surface area contributed by atoms with Gasteiger partial charge in [-0.25, -0.2) is 0 Å². The van der Waals surface area contributed by atoms with Gasteiger partial charge in [-0.3, -0.25) is 19.7 Å². The van der Waals surface area contributed by atoms with Crippen molar-refractivity contribution in [2.45, 2.75) is 6.92 Å². The number of nitrogens with zero attached hydrogens (tertiary/aromatic N) is 3. The first-order valence-corrected chi connectivity index (χ1v) is 8.21. The van der Waals surface area contributed by atoms with E-state index < -0.39 is 16.4 Å². The molecule has 1 N–H and O–H groups in total. The monoisotopic (exact) mass is 380 g/mol. The zero-order chi connectivity index (χ0) is 20.3. The van der Waals surface area contributed by atoms with Gasteiger partial charge < -0.3 is 10.1 Å². The number of nitrogens with one attached hydrogen (secondary N) is 1. The number of carbonyl (C=O) groups excluding carboxylic acids is 1. The largest absolute Gasteiger partial charge is 0.494 e. The summed E-state index contributed by atoms with van der Waals surface area (Å²) >= 11 is 0. The molecule has 0 saturated carbocycles. The minimum Gasteiger partial charge on any atom is -0.494 e. The first-order valence-electron chi connectivity index (χ1n) is 8.21. The van der Waals surface area contributed by atoms with E-state index in [-0.39, 0.29) is 17.1 Å². The molecule has 1 amide bonds. The summed E-state index contributed by atoms with van der Waals surface area (Å²) in [4.78, 5) is 35.4. The fourth-order valence-corrected chi connectivity index (χ4v) is 2.59. The van der Waals surface area contributed by atoms with Gasteiger partial charge in [0.25, 0.3) is 17.2 Å². The van der Waals surface area contributed by atoms with Gasteiger partial charge in [-0.2, -0.15) is 9.78 Å². The molecule has 142 valence electrons. The van der Waals surface area contributed by atoms with Crippen LogP contribution in [0.2, 0.25) is 0 Å². The van der Waals surface area contributed by atoms with Gasteiger partial charge in [-0.1, -0.05) is 18.2 Å². The van der Waals surface area contributed by atoms with Gasteiger partial charge in [0.05, 0.1) is 23.8 Å². The van der Waals surface area contributed by atoms with Crippen LogP contribution in [0.15, 0.2) is 59.4 Å². The van der Waals surface area contributed by atoms with Crippen LogP contribution < -0.4 is 15.6 Å². The topological polar surface area (TPSA) is 116 Å². The minimum absolute atomic E-state index is 0.0224. The molecule has 0 spiro atoms. The molecule has 0 unspecified atom stereocenters. The fourth-order valence-electron chi connectivity index (χ4n) is 2.59. The zero-order valence-electron chi connectivity index (χ0n) is 15.1. The fraction of sp³-hybridized carbons (Fsp3) is 0.105. The van der Waals surface area contributed by atoms with E-state index in [1.807, 2.05) is 0 Å². The number of anilines is 1. The highest BCUT2D eigenvalue weighted by Gasteiger charge is 2.19.